The van der Waals surface area contributed by atoms with Crippen molar-refractivity contribution in [1.82, 2.24) is 4.90 Å². The predicted octanol–water partition coefficient (Wildman–Crippen LogP) is 2.14. The molecule has 0 rings (SSSR count). The molecule has 2 unspecified atom stereocenters. The van der Waals surface area contributed by atoms with E-state index in [1.165, 1.54) is 0 Å². The summed E-state index contributed by atoms with van der Waals surface area (Å²) in [6, 6.07) is 0. The lowest BCUT2D eigenvalue weighted by atomic mass is 9.85. The molecule has 1 N–H and O–H groups in total. The third-order valence-electron chi connectivity index (χ3n) is 3.62. The van der Waals surface area contributed by atoms with Crippen molar-refractivity contribution in [3.8, 4) is 0 Å². The first-order valence-corrected chi connectivity index (χ1v) is 6.33. The highest BCUT2D eigenvalue weighted by atomic mass is 16.5. The van der Waals surface area contributed by atoms with Crippen LogP contribution in [0.4, 0.5) is 0 Å². The van der Waals surface area contributed by atoms with Gasteiger partial charge in [0.25, 0.3) is 0 Å². The van der Waals surface area contributed by atoms with E-state index < -0.39 is 0 Å². The zero-order valence-corrected chi connectivity index (χ0v) is 11.8. The third-order valence-corrected chi connectivity index (χ3v) is 3.62. The Bertz CT molecular complexity index is 179. The van der Waals surface area contributed by atoms with E-state index >= 15 is 0 Å². The van der Waals surface area contributed by atoms with Crippen LogP contribution in [0.2, 0.25) is 0 Å². The standard InChI is InChI=1S/C13H29NO2/c1-7-14(8-2)13(4,5)12(15)11(3)9-10-16-6/h11-12,15H,7-10H2,1-6H3. The van der Waals surface area contributed by atoms with Crippen molar-refractivity contribution in [3.63, 3.8) is 0 Å². The first-order valence-electron chi connectivity index (χ1n) is 6.33. The highest BCUT2D eigenvalue weighted by molar-refractivity contribution is 4.90. The Kier molecular flexibility index (Phi) is 7.20. The summed E-state index contributed by atoms with van der Waals surface area (Å²) in [5.41, 5.74) is -0.170. The van der Waals surface area contributed by atoms with Gasteiger partial charge in [-0.2, -0.15) is 0 Å². The van der Waals surface area contributed by atoms with Crippen LogP contribution in [0, 0.1) is 5.92 Å². The number of hydrogen-bond donors (Lipinski definition) is 1. The van der Waals surface area contributed by atoms with Crippen LogP contribution in [0.1, 0.15) is 41.0 Å². The van der Waals surface area contributed by atoms with E-state index in [-0.39, 0.29) is 17.6 Å². The molecule has 0 aliphatic heterocycles. The predicted molar refractivity (Wildman–Crippen MR) is 68.7 cm³/mol. The summed E-state index contributed by atoms with van der Waals surface area (Å²) < 4.78 is 5.06. The molecule has 0 aliphatic carbocycles. The molecule has 0 aromatic carbocycles. The van der Waals surface area contributed by atoms with Crippen molar-refractivity contribution >= 4 is 0 Å². The largest absolute Gasteiger partial charge is 0.391 e. The van der Waals surface area contributed by atoms with Crippen molar-refractivity contribution in [2.75, 3.05) is 26.8 Å². The molecule has 0 saturated carbocycles. The summed E-state index contributed by atoms with van der Waals surface area (Å²) in [6.45, 7) is 13.3. The molecule has 2 atom stereocenters. The van der Waals surface area contributed by atoms with Gasteiger partial charge in [-0.15, -0.1) is 0 Å². The molecule has 3 nitrogen and oxygen atoms in total. The van der Waals surface area contributed by atoms with Crippen molar-refractivity contribution in [1.29, 1.82) is 0 Å². The van der Waals surface area contributed by atoms with Crippen LogP contribution in [0.3, 0.4) is 0 Å². The second-order valence-electron chi connectivity index (χ2n) is 5.03. The number of aliphatic hydroxyl groups excluding tert-OH is 1. The van der Waals surface area contributed by atoms with Crippen molar-refractivity contribution in [2.24, 2.45) is 5.92 Å². The SMILES string of the molecule is CCN(CC)C(C)(C)C(O)C(C)CCOC. The second kappa shape index (κ2) is 7.25. The first kappa shape index (κ1) is 15.9. The van der Waals surface area contributed by atoms with E-state index in [0.717, 1.165) is 19.5 Å². The van der Waals surface area contributed by atoms with Gasteiger partial charge in [0.1, 0.15) is 0 Å². The molecular formula is C13H29NO2. The molecule has 0 aromatic rings. The molecule has 0 bridgehead atoms. The average molecular weight is 231 g/mol. The Morgan fingerprint density at radius 2 is 1.75 bits per heavy atom. The smallest absolute Gasteiger partial charge is 0.0744 e. The molecule has 3 heteroatoms. The van der Waals surface area contributed by atoms with Gasteiger partial charge in [0.15, 0.2) is 0 Å². The Hall–Kier alpha value is -0.120. The number of hydrogen-bond acceptors (Lipinski definition) is 3. The summed E-state index contributed by atoms with van der Waals surface area (Å²) in [7, 11) is 1.70. The van der Waals surface area contributed by atoms with Gasteiger partial charge < -0.3 is 9.84 Å². The zero-order valence-electron chi connectivity index (χ0n) is 11.8. The lowest BCUT2D eigenvalue weighted by molar-refractivity contribution is -0.0401. The molecule has 0 spiro atoms. The van der Waals surface area contributed by atoms with Gasteiger partial charge in [-0.05, 0) is 39.3 Å². The van der Waals surface area contributed by atoms with Gasteiger partial charge in [0.2, 0.25) is 0 Å². The first-order chi connectivity index (χ1) is 7.41. The number of ether oxygens (including phenoxy) is 1. The summed E-state index contributed by atoms with van der Waals surface area (Å²) in [5, 5.41) is 10.4. The van der Waals surface area contributed by atoms with E-state index in [4.69, 9.17) is 4.74 Å². The Morgan fingerprint density at radius 1 is 1.25 bits per heavy atom. The summed E-state index contributed by atoms with van der Waals surface area (Å²) in [6.07, 6.45) is 0.588. The maximum Gasteiger partial charge on any atom is 0.0744 e. The van der Waals surface area contributed by atoms with Crippen LogP contribution < -0.4 is 0 Å². The molecule has 0 aromatic heterocycles. The molecule has 16 heavy (non-hydrogen) atoms. The fraction of sp³-hybridized carbons (Fsp3) is 1.00. The summed E-state index contributed by atoms with van der Waals surface area (Å²) >= 11 is 0. The molecule has 0 heterocycles. The van der Waals surface area contributed by atoms with Gasteiger partial charge in [-0.1, -0.05) is 20.8 Å². The van der Waals surface area contributed by atoms with Crippen LogP contribution in [0.15, 0.2) is 0 Å². The van der Waals surface area contributed by atoms with E-state index in [0.29, 0.717) is 6.61 Å². The number of rotatable bonds is 8. The highest BCUT2D eigenvalue weighted by Gasteiger charge is 2.35. The fourth-order valence-corrected chi connectivity index (χ4v) is 2.38. The number of nitrogens with zero attached hydrogens (tertiary/aromatic N) is 1. The number of likely N-dealkylation sites (N-methyl/N-ethyl adjacent to an activating group) is 1. The van der Waals surface area contributed by atoms with Crippen molar-refractivity contribution in [2.45, 2.75) is 52.7 Å². The normalized spacial score (nSPS) is 16.5. The Balaban J connectivity index is 4.47. The van der Waals surface area contributed by atoms with E-state index in [1.807, 2.05) is 0 Å². The Morgan fingerprint density at radius 3 is 2.12 bits per heavy atom. The second-order valence-corrected chi connectivity index (χ2v) is 5.03. The quantitative estimate of drug-likeness (QED) is 0.695. The summed E-state index contributed by atoms with van der Waals surface area (Å²) in [4.78, 5) is 2.31. The van der Waals surface area contributed by atoms with Crippen molar-refractivity contribution in [3.05, 3.63) is 0 Å². The molecular weight excluding hydrogens is 202 g/mol. The van der Waals surface area contributed by atoms with Crippen molar-refractivity contribution < 1.29 is 9.84 Å². The number of methoxy groups -OCH3 is 1. The Labute approximate surface area is 101 Å². The molecule has 0 aliphatic rings. The van der Waals surface area contributed by atoms with Gasteiger partial charge in [-0.3, -0.25) is 4.90 Å². The van der Waals surface area contributed by atoms with Crippen LogP contribution in [0.5, 0.6) is 0 Å². The third kappa shape index (κ3) is 4.04. The fourth-order valence-electron chi connectivity index (χ4n) is 2.38. The summed E-state index contributed by atoms with van der Waals surface area (Å²) in [5.74, 6) is 0.260. The zero-order chi connectivity index (χ0) is 12.8. The maximum absolute atomic E-state index is 10.4. The molecule has 0 saturated heterocycles. The lowest BCUT2D eigenvalue weighted by Crippen LogP contribution is -2.54. The minimum atomic E-state index is -0.317. The minimum Gasteiger partial charge on any atom is -0.391 e. The average Bonchev–Trinajstić information content (AvgIpc) is 2.26. The monoisotopic (exact) mass is 231 g/mol. The molecule has 0 fully saturated rings. The van der Waals surface area contributed by atoms with Crippen LogP contribution in [0.25, 0.3) is 0 Å². The van der Waals surface area contributed by atoms with E-state index in [2.05, 4.69) is 39.5 Å². The van der Waals surface area contributed by atoms with Gasteiger partial charge in [-0.25, -0.2) is 0 Å². The van der Waals surface area contributed by atoms with Gasteiger partial charge in [0, 0.05) is 19.3 Å². The van der Waals surface area contributed by atoms with E-state index in [9.17, 15) is 5.11 Å². The van der Waals surface area contributed by atoms with Gasteiger partial charge in [0.05, 0.1) is 6.10 Å². The highest BCUT2D eigenvalue weighted by Crippen LogP contribution is 2.25. The van der Waals surface area contributed by atoms with Crippen LogP contribution in [-0.2, 0) is 4.74 Å². The minimum absolute atomic E-state index is 0.170. The maximum atomic E-state index is 10.4. The van der Waals surface area contributed by atoms with Gasteiger partial charge >= 0.3 is 0 Å². The van der Waals surface area contributed by atoms with Crippen LogP contribution in [-0.4, -0.2) is 48.5 Å². The molecule has 0 amide bonds. The topological polar surface area (TPSA) is 32.7 Å². The number of aliphatic hydroxyl groups is 1. The molecule has 98 valence electrons. The lowest BCUT2D eigenvalue weighted by Gasteiger charge is -2.43. The van der Waals surface area contributed by atoms with Crippen LogP contribution >= 0.6 is 0 Å². The van der Waals surface area contributed by atoms with E-state index in [1.54, 1.807) is 7.11 Å². The molecule has 0 radical (unpaired) electrons.